The number of amides is 1. The second kappa shape index (κ2) is 9.11. The molecule has 2 rings (SSSR count). The standard InChI is InChI=1S/C17H26N2OS/c1-21-12-5-3-2-4-10-19-17(20)16-8-6-7-14-13-18-11-9-15(14)16/h6-8,18H,2-5,9-13H2,1H3,(H,19,20). The van der Waals surface area contributed by atoms with E-state index < -0.39 is 0 Å². The first-order valence-corrected chi connectivity index (χ1v) is 9.31. The predicted octanol–water partition coefficient (Wildman–Crippen LogP) is 2.99. The van der Waals surface area contributed by atoms with Gasteiger partial charge in [-0.1, -0.05) is 25.0 Å². The molecule has 0 bridgehead atoms. The minimum atomic E-state index is 0.0952. The zero-order valence-electron chi connectivity index (χ0n) is 12.9. The Morgan fingerprint density at radius 2 is 2.14 bits per heavy atom. The molecular weight excluding hydrogens is 280 g/mol. The van der Waals surface area contributed by atoms with E-state index in [9.17, 15) is 4.79 Å². The van der Waals surface area contributed by atoms with Crippen LogP contribution in [-0.4, -0.2) is 31.0 Å². The zero-order valence-corrected chi connectivity index (χ0v) is 13.7. The van der Waals surface area contributed by atoms with Crippen LogP contribution in [0.25, 0.3) is 0 Å². The molecule has 21 heavy (non-hydrogen) atoms. The molecule has 0 radical (unpaired) electrons. The first-order valence-electron chi connectivity index (χ1n) is 7.91. The van der Waals surface area contributed by atoms with Crippen molar-refractivity contribution in [3.8, 4) is 0 Å². The van der Waals surface area contributed by atoms with Crippen LogP contribution in [0.4, 0.5) is 0 Å². The number of fused-ring (bicyclic) bond motifs is 1. The maximum atomic E-state index is 12.3. The summed E-state index contributed by atoms with van der Waals surface area (Å²) < 4.78 is 0. The summed E-state index contributed by atoms with van der Waals surface area (Å²) in [7, 11) is 0. The quantitative estimate of drug-likeness (QED) is 0.726. The highest BCUT2D eigenvalue weighted by molar-refractivity contribution is 7.98. The van der Waals surface area contributed by atoms with Crippen molar-refractivity contribution in [1.82, 2.24) is 10.6 Å². The lowest BCUT2D eigenvalue weighted by Crippen LogP contribution is -2.29. The smallest absolute Gasteiger partial charge is 0.251 e. The molecule has 2 N–H and O–H groups in total. The van der Waals surface area contributed by atoms with Crippen LogP contribution in [0.5, 0.6) is 0 Å². The predicted molar refractivity (Wildman–Crippen MR) is 91.0 cm³/mol. The SMILES string of the molecule is CSCCCCCCNC(=O)c1cccc2c1CCNC2. The monoisotopic (exact) mass is 306 g/mol. The molecule has 1 heterocycles. The lowest BCUT2D eigenvalue weighted by atomic mass is 9.95. The van der Waals surface area contributed by atoms with Crippen LogP contribution >= 0.6 is 11.8 Å². The van der Waals surface area contributed by atoms with Gasteiger partial charge in [-0.15, -0.1) is 0 Å². The number of unbranched alkanes of at least 4 members (excludes halogenated alkanes) is 3. The molecule has 0 aliphatic carbocycles. The highest BCUT2D eigenvalue weighted by Gasteiger charge is 2.16. The highest BCUT2D eigenvalue weighted by Crippen LogP contribution is 2.18. The maximum Gasteiger partial charge on any atom is 0.251 e. The van der Waals surface area contributed by atoms with E-state index in [-0.39, 0.29) is 5.91 Å². The van der Waals surface area contributed by atoms with Crippen LogP contribution in [0.2, 0.25) is 0 Å². The van der Waals surface area contributed by atoms with Crippen LogP contribution in [0, 0.1) is 0 Å². The molecule has 1 aliphatic heterocycles. The molecule has 0 spiro atoms. The van der Waals surface area contributed by atoms with Gasteiger partial charge >= 0.3 is 0 Å². The van der Waals surface area contributed by atoms with E-state index in [4.69, 9.17) is 0 Å². The Hall–Kier alpha value is -1.00. The Bertz CT molecular complexity index is 462. The van der Waals surface area contributed by atoms with E-state index in [0.717, 1.165) is 38.0 Å². The van der Waals surface area contributed by atoms with Crippen LogP contribution in [0.1, 0.15) is 47.2 Å². The molecule has 0 unspecified atom stereocenters. The number of benzene rings is 1. The van der Waals surface area contributed by atoms with Gasteiger partial charge in [0.2, 0.25) is 0 Å². The van der Waals surface area contributed by atoms with Crippen LogP contribution in [-0.2, 0) is 13.0 Å². The summed E-state index contributed by atoms with van der Waals surface area (Å²) >= 11 is 1.91. The Kier molecular flexibility index (Phi) is 7.10. The molecular formula is C17H26N2OS. The summed E-state index contributed by atoms with van der Waals surface area (Å²) in [5, 5.41) is 6.43. The second-order valence-corrected chi connectivity index (χ2v) is 6.52. The van der Waals surface area contributed by atoms with Crippen molar-refractivity contribution in [3.05, 3.63) is 34.9 Å². The molecule has 0 fully saturated rings. The summed E-state index contributed by atoms with van der Waals surface area (Å²) in [6.07, 6.45) is 7.94. The van der Waals surface area contributed by atoms with Crippen molar-refractivity contribution >= 4 is 17.7 Å². The van der Waals surface area contributed by atoms with Crippen LogP contribution in [0.3, 0.4) is 0 Å². The first kappa shape index (κ1) is 16.4. The van der Waals surface area contributed by atoms with Gasteiger partial charge in [0.15, 0.2) is 0 Å². The molecule has 1 aromatic rings. The molecule has 1 amide bonds. The molecule has 1 aromatic carbocycles. The van der Waals surface area contributed by atoms with Gasteiger partial charge in [0, 0.05) is 18.7 Å². The third kappa shape index (κ3) is 5.04. The van der Waals surface area contributed by atoms with Gasteiger partial charge in [-0.3, -0.25) is 4.79 Å². The largest absolute Gasteiger partial charge is 0.352 e. The van der Waals surface area contributed by atoms with E-state index in [1.54, 1.807) is 0 Å². The third-order valence-corrected chi connectivity index (χ3v) is 4.64. The fourth-order valence-electron chi connectivity index (χ4n) is 2.77. The second-order valence-electron chi connectivity index (χ2n) is 5.53. The molecule has 0 saturated heterocycles. The van der Waals surface area contributed by atoms with Gasteiger partial charge in [-0.25, -0.2) is 0 Å². The third-order valence-electron chi connectivity index (χ3n) is 3.95. The summed E-state index contributed by atoms with van der Waals surface area (Å²) in [5.41, 5.74) is 3.37. The number of carbonyl (C=O) groups is 1. The minimum absolute atomic E-state index is 0.0952. The molecule has 0 aromatic heterocycles. The van der Waals surface area contributed by atoms with Crippen molar-refractivity contribution in [2.24, 2.45) is 0 Å². The van der Waals surface area contributed by atoms with E-state index >= 15 is 0 Å². The van der Waals surface area contributed by atoms with Gasteiger partial charge in [-0.2, -0.15) is 11.8 Å². The first-order chi connectivity index (χ1) is 10.3. The van der Waals surface area contributed by atoms with Crippen LogP contribution < -0.4 is 10.6 Å². The Labute approximate surface area is 132 Å². The summed E-state index contributed by atoms with van der Waals surface area (Å²) in [6, 6.07) is 6.06. The summed E-state index contributed by atoms with van der Waals surface area (Å²) in [5.74, 6) is 1.34. The van der Waals surface area contributed by atoms with Crippen LogP contribution in [0.15, 0.2) is 18.2 Å². The molecule has 1 aliphatic rings. The maximum absolute atomic E-state index is 12.3. The van der Waals surface area contributed by atoms with Crippen molar-refractivity contribution in [2.45, 2.75) is 38.6 Å². The summed E-state index contributed by atoms with van der Waals surface area (Å²) in [6.45, 7) is 2.64. The fourth-order valence-corrected chi connectivity index (χ4v) is 3.26. The van der Waals surface area contributed by atoms with E-state index in [1.807, 2.05) is 23.9 Å². The van der Waals surface area contributed by atoms with Crippen molar-refractivity contribution in [3.63, 3.8) is 0 Å². The number of hydrogen-bond acceptors (Lipinski definition) is 3. The topological polar surface area (TPSA) is 41.1 Å². The van der Waals surface area contributed by atoms with E-state index in [2.05, 4.69) is 23.0 Å². The fraction of sp³-hybridized carbons (Fsp3) is 0.588. The Morgan fingerprint density at radius 1 is 1.29 bits per heavy atom. The Balaban J connectivity index is 1.76. The molecule has 4 heteroatoms. The van der Waals surface area contributed by atoms with Crippen molar-refractivity contribution in [1.29, 1.82) is 0 Å². The number of rotatable bonds is 8. The molecule has 0 saturated carbocycles. The van der Waals surface area contributed by atoms with E-state index in [1.165, 1.54) is 36.1 Å². The van der Waals surface area contributed by atoms with Gasteiger partial charge in [0.25, 0.3) is 5.91 Å². The average Bonchev–Trinajstić information content (AvgIpc) is 2.53. The Morgan fingerprint density at radius 3 is 3.00 bits per heavy atom. The van der Waals surface area contributed by atoms with Gasteiger partial charge < -0.3 is 10.6 Å². The lowest BCUT2D eigenvalue weighted by molar-refractivity contribution is 0.0951. The number of carbonyl (C=O) groups excluding carboxylic acids is 1. The lowest BCUT2D eigenvalue weighted by Gasteiger charge is -2.19. The minimum Gasteiger partial charge on any atom is -0.352 e. The van der Waals surface area contributed by atoms with Gasteiger partial charge in [0.1, 0.15) is 0 Å². The average molecular weight is 306 g/mol. The van der Waals surface area contributed by atoms with Crippen molar-refractivity contribution in [2.75, 3.05) is 25.1 Å². The molecule has 116 valence electrons. The zero-order chi connectivity index (χ0) is 14.9. The van der Waals surface area contributed by atoms with Gasteiger partial charge in [-0.05, 0) is 55.0 Å². The number of thioether (sulfide) groups is 1. The van der Waals surface area contributed by atoms with E-state index in [0.29, 0.717) is 0 Å². The highest BCUT2D eigenvalue weighted by atomic mass is 32.2. The van der Waals surface area contributed by atoms with Gasteiger partial charge in [0.05, 0.1) is 0 Å². The molecule has 0 atom stereocenters. The molecule has 3 nitrogen and oxygen atoms in total. The number of hydrogen-bond donors (Lipinski definition) is 2. The summed E-state index contributed by atoms with van der Waals surface area (Å²) in [4.78, 5) is 12.3. The van der Waals surface area contributed by atoms with Crippen molar-refractivity contribution < 1.29 is 4.79 Å². The normalized spacial score (nSPS) is 13.8. The number of nitrogens with one attached hydrogen (secondary N) is 2.